The highest BCUT2D eigenvalue weighted by Gasteiger charge is 2.45. The molecule has 1 fully saturated rings. The van der Waals surface area contributed by atoms with Crippen LogP contribution in [0.1, 0.15) is 12.8 Å². The summed E-state index contributed by atoms with van der Waals surface area (Å²) in [6, 6.07) is 0. The second-order valence-electron chi connectivity index (χ2n) is 4.18. The van der Waals surface area contributed by atoms with E-state index in [1.54, 1.807) is 0 Å². The molecular formula is C10H10O6-2. The molecule has 16 heavy (non-hydrogen) atoms. The van der Waals surface area contributed by atoms with Gasteiger partial charge in [-0.25, -0.2) is 0 Å². The van der Waals surface area contributed by atoms with Crippen LogP contribution in [-0.4, -0.2) is 35.4 Å². The highest BCUT2D eigenvalue weighted by molar-refractivity contribution is 5.78. The molecule has 0 amide bonds. The fraction of sp³-hybridized carbons (Fsp3) is 0.600. The molecule has 2 rings (SSSR count). The summed E-state index contributed by atoms with van der Waals surface area (Å²) in [6.07, 6.45) is -0.753. The quantitative estimate of drug-likeness (QED) is 0.501. The van der Waals surface area contributed by atoms with Crippen LogP contribution in [0, 0.1) is 5.41 Å². The smallest absolute Gasteiger partial charge is 0.0985 e. The van der Waals surface area contributed by atoms with Gasteiger partial charge in [0.25, 0.3) is 0 Å². The van der Waals surface area contributed by atoms with Crippen molar-refractivity contribution in [2.75, 3.05) is 0 Å². The molecule has 2 aliphatic rings. The van der Waals surface area contributed by atoms with Crippen molar-refractivity contribution in [3.05, 3.63) is 12.2 Å². The Hall–Kier alpha value is -1.40. The van der Waals surface area contributed by atoms with E-state index in [1.165, 1.54) is 12.2 Å². The SMILES string of the molecule is O=C([O-])[C@@H]1C[C@@]2(C(=O)[O-])C=C[C@@H](O)[C@@H](C2)O1. The molecule has 1 heterocycles. The normalized spacial score (nSPS) is 41.7. The molecule has 1 N–H and O–H groups in total. The number of carbonyl (C=O) groups excluding carboxylic acids is 2. The topological polar surface area (TPSA) is 110 Å². The van der Waals surface area contributed by atoms with E-state index in [4.69, 9.17) is 4.74 Å². The van der Waals surface area contributed by atoms with Gasteiger partial charge in [-0.2, -0.15) is 0 Å². The van der Waals surface area contributed by atoms with E-state index in [0.717, 1.165) is 0 Å². The van der Waals surface area contributed by atoms with Crippen LogP contribution in [-0.2, 0) is 14.3 Å². The maximum atomic E-state index is 11.0. The second-order valence-corrected chi connectivity index (χ2v) is 4.18. The Labute approximate surface area is 91.1 Å². The van der Waals surface area contributed by atoms with Gasteiger partial charge in [0.2, 0.25) is 0 Å². The van der Waals surface area contributed by atoms with Crippen LogP contribution >= 0.6 is 0 Å². The number of hydrogen-bond acceptors (Lipinski definition) is 6. The van der Waals surface area contributed by atoms with E-state index >= 15 is 0 Å². The first kappa shape index (κ1) is 11.1. The monoisotopic (exact) mass is 226 g/mol. The van der Waals surface area contributed by atoms with Crippen molar-refractivity contribution < 1.29 is 29.6 Å². The van der Waals surface area contributed by atoms with Gasteiger partial charge in [0.1, 0.15) is 0 Å². The minimum absolute atomic E-state index is 0.0246. The maximum absolute atomic E-state index is 11.0. The standard InChI is InChI=1S/C10H12O6/c11-5-1-2-10(9(14)15)3-6(5)16-7(4-10)8(12)13/h1-2,5-7,11H,3-4H2,(H,12,13)(H,14,15)/p-2/t5-,6-,7+,10-/m1/s1. The van der Waals surface area contributed by atoms with Gasteiger partial charge in [-0.15, -0.1) is 0 Å². The van der Waals surface area contributed by atoms with Gasteiger partial charge in [0, 0.05) is 5.41 Å². The number of aliphatic hydroxyl groups is 1. The van der Waals surface area contributed by atoms with Crippen LogP contribution in [0.25, 0.3) is 0 Å². The summed E-state index contributed by atoms with van der Waals surface area (Å²) in [6.45, 7) is 0. The second kappa shape index (κ2) is 3.57. The van der Waals surface area contributed by atoms with Crippen LogP contribution in [0.2, 0.25) is 0 Å². The average molecular weight is 226 g/mol. The molecule has 0 aromatic carbocycles. The van der Waals surface area contributed by atoms with Crippen molar-refractivity contribution in [3.8, 4) is 0 Å². The van der Waals surface area contributed by atoms with E-state index in [9.17, 15) is 24.9 Å². The Morgan fingerprint density at radius 1 is 1.38 bits per heavy atom. The third-order valence-electron chi connectivity index (χ3n) is 3.12. The van der Waals surface area contributed by atoms with Crippen LogP contribution < -0.4 is 10.2 Å². The molecule has 0 aromatic heterocycles. The van der Waals surface area contributed by atoms with E-state index in [2.05, 4.69) is 0 Å². The molecule has 0 unspecified atom stereocenters. The molecule has 2 bridgehead atoms. The number of fused-ring (bicyclic) bond motifs is 2. The number of carboxylic acids is 2. The molecule has 6 heteroatoms. The van der Waals surface area contributed by atoms with E-state index in [-0.39, 0.29) is 12.8 Å². The first-order valence-electron chi connectivity index (χ1n) is 4.90. The van der Waals surface area contributed by atoms with Gasteiger partial charge in [-0.1, -0.05) is 12.2 Å². The van der Waals surface area contributed by atoms with Crippen molar-refractivity contribution in [3.63, 3.8) is 0 Å². The molecule has 0 aromatic rings. The predicted octanol–water partition coefficient (Wildman–Crippen LogP) is -3.05. The van der Waals surface area contributed by atoms with Crippen molar-refractivity contribution in [2.45, 2.75) is 31.2 Å². The number of hydrogen-bond donors (Lipinski definition) is 1. The first-order chi connectivity index (χ1) is 7.44. The number of rotatable bonds is 2. The number of carboxylic acid groups (broad SMARTS) is 2. The Morgan fingerprint density at radius 3 is 2.62 bits per heavy atom. The number of aliphatic carboxylic acids is 2. The van der Waals surface area contributed by atoms with Crippen molar-refractivity contribution in [2.24, 2.45) is 5.41 Å². The lowest BCUT2D eigenvalue weighted by atomic mass is 9.71. The van der Waals surface area contributed by atoms with Crippen LogP contribution in [0.15, 0.2) is 12.2 Å². The summed E-state index contributed by atoms with van der Waals surface area (Å²) in [4.78, 5) is 21.8. The van der Waals surface area contributed by atoms with Gasteiger partial charge >= 0.3 is 0 Å². The number of ether oxygens (including phenoxy) is 1. The van der Waals surface area contributed by atoms with E-state index < -0.39 is 35.7 Å². The first-order valence-corrected chi connectivity index (χ1v) is 4.90. The third kappa shape index (κ3) is 1.60. The molecule has 1 aliphatic carbocycles. The van der Waals surface area contributed by atoms with E-state index in [0.29, 0.717) is 0 Å². The number of carbonyl (C=O) groups is 2. The molecule has 0 spiro atoms. The van der Waals surface area contributed by atoms with Crippen LogP contribution in [0.3, 0.4) is 0 Å². The Morgan fingerprint density at radius 2 is 2.06 bits per heavy atom. The summed E-state index contributed by atoms with van der Waals surface area (Å²) in [7, 11) is 0. The molecular weight excluding hydrogens is 216 g/mol. The molecule has 0 radical (unpaired) electrons. The zero-order valence-corrected chi connectivity index (χ0v) is 8.29. The summed E-state index contributed by atoms with van der Waals surface area (Å²) in [5.41, 5.74) is -1.37. The third-order valence-corrected chi connectivity index (χ3v) is 3.12. The summed E-state index contributed by atoms with van der Waals surface area (Å²) in [5, 5.41) is 31.2. The fourth-order valence-corrected chi connectivity index (χ4v) is 2.20. The highest BCUT2D eigenvalue weighted by Crippen LogP contribution is 2.41. The lowest BCUT2D eigenvalue weighted by molar-refractivity contribution is -0.333. The molecule has 1 aliphatic heterocycles. The molecule has 1 saturated heterocycles. The lowest BCUT2D eigenvalue weighted by Gasteiger charge is -2.47. The van der Waals surface area contributed by atoms with Crippen molar-refractivity contribution in [1.29, 1.82) is 0 Å². The zero-order chi connectivity index (χ0) is 11.9. The average Bonchev–Trinajstić information content (AvgIpc) is 2.23. The van der Waals surface area contributed by atoms with Gasteiger partial charge in [-0.3, -0.25) is 0 Å². The van der Waals surface area contributed by atoms with Crippen molar-refractivity contribution in [1.82, 2.24) is 0 Å². The maximum Gasteiger partial charge on any atom is 0.0985 e. The number of aliphatic hydroxyl groups excluding tert-OH is 1. The largest absolute Gasteiger partial charge is 0.549 e. The predicted molar refractivity (Wildman–Crippen MR) is 45.5 cm³/mol. The summed E-state index contributed by atoms with van der Waals surface area (Å²) < 4.78 is 5.05. The molecule has 88 valence electrons. The van der Waals surface area contributed by atoms with E-state index in [1.807, 2.05) is 0 Å². The summed E-state index contributed by atoms with van der Waals surface area (Å²) in [5.74, 6) is -2.83. The van der Waals surface area contributed by atoms with Crippen LogP contribution in [0.4, 0.5) is 0 Å². The van der Waals surface area contributed by atoms with Gasteiger partial charge in [-0.05, 0) is 12.8 Å². The lowest BCUT2D eigenvalue weighted by Crippen LogP contribution is -2.57. The fourth-order valence-electron chi connectivity index (χ4n) is 2.20. The van der Waals surface area contributed by atoms with Gasteiger partial charge < -0.3 is 29.6 Å². The summed E-state index contributed by atoms with van der Waals surface area (Å²) >= 11 is 0. The molecule has 6 nitrogen and oxygen atoms in total. The minimum Gasteiger partial charge on any atom is -0.549 e. The highest BCUT2D eigenvalue weighted by atomic mass is 16.5. The van der Waals surface area contributed by atoms with Crippen LogP contribution in [0.5, 0.6) is 0 Å². The Bertz CT molecular complexity index is 362. The molecule has 4 atom stereocenters. The molecule has 0 saturated carbocycles. The van der Waals surface area contributed by atoms with Gasteiger partial charge in [0.15, 0.2) is 0 Å². The van der Waals surface area contributed by atoms with Crippen molar-refractivity contribution >= 4 is 11.9 Å². The Balaban J connectivity index is 2.34. The minimum atomic E-state index is -1.47. The zero-order valence-electron chi connectivity index (χ0n) is 8.29. The Kier molecular flexibility index (Phi) is 2.47. The van der Waals surface area contributed by atoms with Gasteiger partial charge in [0.05, 0.1) is 30.3 Å².